The molecule has 0 aromatic rings. The van der Waals surface area contributed by atoms with Gasteiger partial charge in [-0.1, -0.05) is 46.4 Å². The predicted molar refractivity (Wildman–Crippen MR) is 126 cm³/mol. The highest BCUT2D eigenvalue weighted by Crippen LogP contribution is 2.57. The van der Waals surface area contributed by atoms with E-state index in [1.54, 1.807) is 34.6 Å². The second kappa shape index (κ2) is 13.4. The van der Waals surface area contributed by atoms with Gasteiger partial charge in [-0.2, -0.15) is 0 Å². The van der Waals surface area contributed by atoms with Crippen LogP contribution in [-0.4, -0.2) is 79.1 Å². The summed E-state index contributed by atoms with van der Waals surface area (Å²) in [6, 6.07) is -1.44. The molecule has 0 aliphatic carbocycles. The number of carbonyl (C=O) groups excluding carboxylic acids is 4. The van der Waals surface area contributed by atoms with Crippen LogP contribution in [0.5, 0.6) is 0 Å². The van der Waals surface area contributed by atoms with Crippen LogP contribution in [0.1, 0.15) is 41.0 Å². The quantitative estimate of drug-likeness (QED) is 0.189. The van der Waals surface area contributed by atoms with E-state index in [1.807, 2.05) is 0 Å². The number of aliphatic carboxylic acids is 1. The van der Waals surface area contributed by atoms with E-state index in [-0.39, 0.29) is 30.4 Å². The fourth-order valence-corrected chi connectivity index (χ4v) is 4.94. The lowest BCUT2D eigenvalue weighted by Gasteiger charge is -2.39. The van der Waals surface area contributed by atoms with Crippen molar-refractivity contribution in [2.24, 2.45) is 10.8 Å². The Kier molecular flexibility index (Phi) is 11.8. The molecule has 0 aromatic heterocycles. The van der Waals surface area contributed by atoms with E-state index < -0.39 is 61.5 Å². The summed E-state index contributed by atoms with van der Waals surface area (Å²) in [6.07, 6.45) is -2.58. The first-order valence-corrected chi connectivity index (χ1v) is 13.2. The molecule has 0 aromatic carbocycles. The number of hydrogen-bond acceptors (Lipinski definition) is 12. The minimum atomic E-state index is -4.34. The smallest absolute Gasteiger partial charge is 0.478 e. The van der Waals surface area contributed by atoms with Crippen LogP contribution >= 0.6 is 19.6 Å². The summed E-state index contributed by atoms with van der Waals surface area (Å²) in [5.41, 5.74) is -1.61. The average molecular weight is 557 g/mol. The van der Waals surface area contributed by atoms with Gasteiger partial charge in [0.1, 0.15) is 6.04 Å². The minimum Gasteiger partial charge on any atom is -0.480 e. The Labute approximate surface area is 213 Å². The van der Waals surface area contributed by atoms with E-state index in [2.05, 4.69) is 15.4 Å². The summed E-state index contributed by atoms with van der Waals surface area (Å²) < 4.78 is 37.3. The monoisotopic (exact) mass is 556 g/mol. The average Bonchev–Trinajstić information content (AvgIpc) is 2.77. The van der Waals surface area contributed by atoms with Crippen molar-refractivity contribution in [2.75, 3.05) is 32.8 Å². The van der Waals surface area contributed by atoms with Crippen LogP contribution in [0.15, 0.2) is 0 Å². The molecule has 1 fully saturated rings. The first kappa shape index (κ1) is 31.8. The molecule has 14 nitrogen and oxygen atoms in total. The normalized spacial score (nSPS) is 22.1. The third-order valence-corrected chi connectivity index (χ3v) is 7.33. The van der Waals surface area contributed by atoms with E-state index >= 15 is 0 Å². The first-order valence-electron chi connectivity index (χ1n) is 10.8. The van der Waals surface area contributed by atoms with Gasteiger partial charge in [-0.05, 0) is 0 Å². The zero-order valence-corrected chi connectivity index (χ0v) is 22.7. The third kappa shape index (κ3) is 10.4. The number of methoxy groups -OCH3 is 1. The van der Waals surface area contributed by atoms with Gasteiger partial charge in [-0.25, -0.2) is 18.7 Å². The van der Waals surface area contributed by atoms with Gasteiger partial charge in [0.15, 0.2) is 11.2 Å². The van der Waals surface area contributed by atoms with Crippen LogP contribution in [0, 0.1) is 10.8 Å². The van der Waals surface area contributed by atoms with E-state index in [4.69, 9.17) is 18.3 Å². The zero-order valence-electron chi connectivity index (χ0n) is 21.0. The SMILES string of the molecule is COC(=O)CCNC(=O)[C@@H]1O[P@@](=O)(OCOC(=O)NC(CSC(=O)C(C)(C)C)C(=O)O)OCC1(C)C. The van der Waals surface area contributed by atoms with E-state index in [0.29, 0.717) is 0 Å². The number of phosphoric ester groups is 1. The molecule has 1 rings (SSSR count). The van der Waals surface area contributed by atoms with Gasteiger partial charge < -0.3 is 25.2 Å². The van der Waals surface area contributed by atoms with Gasteiger partial charge >= 0.3 is 25.9 Å². The number of rotatable bonds is 11. The van der Waals surface area contributed by atoms with Crippen LogP contribution in [0.25, 0.3) is 0 Å². The Balaban J connectivity index is 2.61. The number of phosphoric acid groups is 1. The molecule has 0 spiro atoms. The fourth-order valence-electron chi connectivity index (χ4n) is 2.45. The summed E-state index contributed by atoms with van der Waals surface area (Å²) >= 11 is 0.749. The van der Waals surface area contributed by atoms with Crippen molar-refractivity contribution in [2.45, 2.75) is 53.2 Å². The van der Waals surface area contributed by atoms with Gasteiger partial charge in [0.2, 0.25) is 12.7 Å². The van der Waals surface area contributed by atoms with Gasteiger partial charge in [0.05, 0.1) is 20.1 Å². The first-order chi connectivity index (χ1) is 16.5. The number of alkyl carbamates (subject to hydrolysis) is 1. The number of amides is 2. The molecule has 1 heterocycles. The number of esters is 1. The predicted octanol–water partition coefficient (Wildman–Crippen LogP) is 1.67. The van der Waals surface area contributed by atoms with Gasteiger partial charge in [-0.15, -0.1) is 0 Å². The second-order valence-corrected chi connectivity index (χ2v) is 12.0. The fraction of sp³-hybridized carbons (Fsp3) is 0.750. The Morgan fingerprint density at radius 2 is 1.86 bits per heavy atom. The van der Waals surface area contributed by atoms with Crippen molar-refractivity contribution < 1.29 is 56.7 Å². The van der Waals surface area contributed by atoms with Crippen molar-refractivity contribution in [1.82, 2.24) is 10.6 Å². The van der Waals surface area contributed by atoms with Crippen LogP contribution in [-0.2, 0) is 46.8 Å². The summed E-state index contributed by atoms with van der Waals surface area (Å²) in [5, 5.41) is 13.5. The molecule has 0 radical (unpaired) electrons. The van der Waals surface area contributed by atoms with Crippen molar-refractivity contribution >= 4 is 48.6 Å². The molecule has 36 heavy (non-hydrogen) atoms. The highest BCUT2D eigenvalue weighted by Gasteiger charge is 2.49. The van der Waals surface area contributed by atoms with Crippen molar-refractivity contribution in [3.05, 3.63) is 0 Å². The van der Waals surface area contributed by atoms with Crippen LogP contribution in [0.3, 0.4) is 0 Å². The number of carboxylic acids is 1. The topological polar surface area (TPSA) is 193 Å². The van der Waals surface area contributed by atoms with Crippen molar-refractivity contribution in [3.8, 4) is 0 Å². The molecule has 1 saturated heterocycles. The molecule has 16 heteroatoms. The highest BCUT2D eigenvalue weighted by atomic mass is 32.2. The number of carbonyl (C=O) groups is 5. The van der Waals surface area contributed by atoms with Crippen LogP contribution in [0.4, 0.5) is 4.79 Å². The Bertz CT molecular complexity index is 888. The standard InChI is InChI=1S/C20H33N2O12PS/c1-19(2,3)17(27)36-9-12(16(25)26)22-18(28)31-11-33-35(29)32-10-20(4,5)14(34-35)15(24)21-8-7-13(23)30-6/h12,14H,7-11H2,1-6H3,(H,21,24)(H,22,28)(H,25,26)/t12?,14-,35+/m0/s1. The maximum Gasteiger partial charge on any atom is 0.478 e. The van der Waals surface area contributed by atoms with Crippen LogP contribution in [0.2, 0.25) is 0 Å². The third-order valence-electron chi connectivity index (χ3n) is 4.62. The molecule has 1 aliphatic heterocycles. The molecule has 0 bridgehead atoms. The Morgan fingerprint density at radius 3 is 2.42 bits per heavy atom. The van der Waals surface area contributed by atoms with Crippen molar-refractivity contribution in [1.29, 1.82) is 0 Å². The summed E-state index contributed by atoms with van der Waals surface area (Å²) in [6.45, 7) is 7.08. The highest BCUT2D eigenvalue weighted by molar-refractivity contribution is 8.13. The molecule has 206 valence electrons. The molecule has 0 saturated carbocycles. The molecule has 3 N–H and O–H groups in total. The lowest BCUT2D eigenvalue weighted by Crippen LogP contribution is -2.50. The molecular weight excluding hydrogens is 523 g/mol. The van der Waals surface area contributed by atoms with Gasteiger partial charge in [-0.3, -0.25) is 23.4 Å². The maximum absolute atomic E-state index is 12.8. The number of nitrogens with one attached hydrogen (secondary N) is 2. The van der Waals surface area contributed by atoms with Crippen LogP contribution < -0.4 is 10.6 Å². The number of hydrogen-bond donors (Lipinski definition) is 3. The van der Waals surface area contributed by atoms with E-state index in [0.717, 1.165) is 11.8 Å². The molecule has 1 unspecified atom stereocenters. The molecule has 3 atom stereocenters. The van der Waals surface area contributed by atoms with Crippen molar-refractivity contribution in [3.63, 3.8) is 0 Å². The minimum absolute atomic E-state index is 0.0406. The van der Waals surface area contributed by atoms with Gasteiger partial charge in [0.25, 0.3) is 0 Å². The lowest BCUT2D eigenvalue weighted by atomic mass is 9.87. The molecular formula is C20H33N2O12PS. The van der Waals surface area contributed by atoms with E-state index in [1.165, 1.54) is 7.11 Å². The number of carboxylic acid groups (broad SMARTS) is 1. The number of thioether (sulfide) groups is 1. The van der Waals surface area contributed by atoms with E-state index in [9.17, 15) is 33.6 Å². The summed E-state index contributed by atoms with van der Waals surface area (Å²) in [4.78, 5) is 59.1. The summed E-state index contributed by atoms with van der Waals surface area (Å²) in [7, 11) is -3.13. The number of ether oxygens (including phenoxy) is 2. The lowest BCUT2D eigenvalue weighted by molar-refractivity contribution is -0.144. The largest absolute Gasteiger partial charge is 0.480 e. The van der Waals surface area contributed by atoms with Gasteiger partial charge in [0, 0.05) is 23.1 Å². The zero-order chi connectivity index (χ0) is 27.7. The maximum atomic E-state index is 12.8. The Morgan fingerprint density at radius 1 is 1.22 bits per heavy atom. The summed E-state index contributed by atoms with van der Waals surface area (Å²) in [5.74, 6) is -2.83. The second-order valence-electron chi connectivity index (χ2n) is 9.37. The Hall–Kier alpha value is -2.19. The molecule has 1 aliphatic rings. The molecule has 2 amide bonds.